The van der Waals surface area contributed by atoms with Crippen molar-refractivity contribution in [2.24, 2.45) is 10.8 Å². The predicted molar refractivity (Wildman–Crippen MR) is 137 cm³/mol. The topological polar surface area (TPSA) is 59.1 Å². The Hall–Kier alpha value is -1.14. The smallest absolute Gasteiger partial charge is 0.325 e. The minimum absolute atomic E-state index is 0.114. The fraction of sp³-hybridized carbons (Fsp3) is 0.929. The third-order valence-corrected chi connectivity index (χ3v) is 9.32. The van der Waals surface area contributed by atoms with Crippen LogP contribution in [-0.4, -0.2) is 46.2 Å². The van der Waals surface area contributed by atoms with Crippen molar-refractivity contribution >= 4 is 11.9 Å². The molecule has 0 aromatic heterocycles. The van der Waals surface area contributed by atoms with Gasteiger partial charge in [-0.05, 0) is 77.0 Å². The first-order chi connectivity index (χ1) is 15.7. The van der Waals surface area contributed by atoms with Gasteiger partial charge in [0, 0.05) is 25.9 Å². The minimum atomic E-state index is -0.151. The van der Waals surface area contributed by atoms with Crippen LogP contribution in [0, 0.1) is 10.8 Å². The summed E-state index contributed by atoms with van der Waals surface area (Å²) in [6, 6.07) is 0. The van der Waals surface area contributed by atoms with Gasteiger partial charge in [0.1, 0.15) is 0 Å². The van der Waals surface area contributed by atoms with Crippen LogP contribution in [0.5, 0.6) is 0 Å². The third kappa shape index (κ3) is 7.19. The zero-order chi connectivity index (χ0) is 25.6. The van der Waals surface area contributed by atoms with Gasteiger partial charge in [-0.25, -0.2) is 0 Å². The van der Waals surface area contributed by atoms with Crippen molar-refractivity contribution in [1.29, 1.82) is 0 Å². The molecular formula is C28H52N2O4. The summed E-state index contributed by atoms with van der Waals surface area (Å²) in [5.74, 6) is -0.227. The third-order valence-electron chi connectivity index (χ3n) is 9.32. The van der Waals surface area contributed by atoms with E-state index in [2.05, 4.69) is 55.4 Å². The van der Waals surface area contributed by atoms with Gasteiger partial charge in [-0.3, -0.25) is 9.59 Å². The van der Waals surface area contributed by atoms with Crippen molar-refractivity contribution in [2.75, 3.05) is 13.1 Å². The van der Waals surface area contributed by atoms with Gasteiger partial charge in [0.15, 0.2) is 0 Å². The Morgan fingerprint density at radius 2 is 0.912 bits per heavy atom. The predicted octanol–water partition coefficient (Wildman–Crippen LogP) is 6.82. The van der Waals surface area contributed by atoms with E-state index in [0.717, 1.165) is 77.3 Å². The summed E-state index contributed by atoms with van der Waals surface area (Å²) in [6.07, 6.45) is 11.3. The Morgan fingerprint density at radius 3 is 1.26 bits per heavy atom. The minimum Gasteiger partial charge on any atom is -0.367 e. The first kappa shape index (κ1) is 29.1. The molecule has 0 N–H and O–H groups in total. The molecule has 0 radical (unpaired) electrons. The lowest BCUT2D eigenvalue weighted by atomic mass is 9.69. The number of carbonyl (C=O) groups is 2. The summed E-state index contributed by atoms with van der Waals surface area (Å²) in [5.41, 5.74) is -0.0545. The molecule has 0 amide bonds. The van der Waals surface area contributed by atoms with E-state index in [9.17, 15) is 9.59 Å². The molecule has 2 rings (SSSR count). The van der Waals surface area contributed by atoms with Crippen LogP contribution in [0.1, 0.15) is 132 Å². The molecule has 34 heavy (non-hydrogen) atoms. The molecule has 0 aliphatic carbocycles. The van der Waals surface area contributed by atoms with Crippen molar-refractivity contribution in [3.8, 4) is 0 Å². The van der Waals surface area contributed by atoms with Crippen molar-refractivity contribution < 1.29 is 19.3 Å². The highest BCUT2D eigenvalue weighted by Gasteiger charge is 2.47. The summed E-state index contributed by atoms with van der Waals surface area (Å²) in [4.78, 5) is 36.2. The zero-order valence-electron chi connectivity index (χ0n) is 23.4. The molecule has 0 bridgehead atoms. The number of hydroxylamine groups is 4. The number of rotatable bonds is 11. The van der Waals surface area contributed by atoms with Crippen molar-refractivity contribution in [3.05, 3.63) is 0 Å². The molecule has 0 atom stereocenters. The maximum Gasteiger partial charge on any atom is 0.325 e. The van der Waals surface area contributed by atoms with E-state index in [1.54, 1.807) is 0 Å². The number of piperidine rings is 2. The van der Waals surface area contributed by atoms with Crippen LogP contribution in [0.25, 0.3) is 0 Å². The van der Waals surface area contributed by atoms with Crippen molar-refractivity contribution in [1.82, 2.24) is 10.1 Å². The van der Waals surface area contributed by atoms with E-state index in [0.29, 0.717) is 12.8 Å². The summed E-state index contributed by atoms with van der Waals surface area (Å²) < 4.78 is 0. The van der Waals surface area contributed by atoms with E-state index in [1.165, 1.54) is 0 Å². The Morgan fingerprint density at radius 1 is 0.588 bits per heavy atom. The second kappa shape index (κ2) is 11.7. The van der Waals surface area contributed by atoms with Crippen LogP contribution in [0.4, 0.5) is 0 Å². The lowest BCUT2D eigenvalue weighted by Gasteiger charge is -2.51. The van der Waals surface area contributed by atoms with Crippen LogP contribution >= 0.6 is 0 Å². The van der Waals surface area contributed by atoms with Crippen molar-refractivity contribution in [2.45, 2.75) is 144 Å². The molecule has 2 saturated heterocycles. The van der Waals surface area contributed by atoms with Gasteiger partial charge in [-0.1, -0.05) is 53.4 Å². The second-order valence-electron chi connectivity index (χ2n) is 12.8. The first-order valence-corrected chi connectivity index (χ1v) is 13.7. The highest BCUT2D eigenvalue weighted by atomic mass is 16.7. The standard InChI is InChI=1S/C28H52N2O4/c1-25(2)19-15-21-29(27(25,5)6)33-23(31)17-13-11-9-10-12-14-18-24(32)34-30-22-16-20-26(3,4)28(30,7)8/h9-22H2,1-8H3. The summed E-state index contributed by atoms with van der Waals surface area (Å²) in [7, 11) is 0. The maximum absolute atomic E-state index is 12.4. The number of unbranched alkanes of at least 4 members (excludes halogenated alkanes) is 5. The normalized spacial score (nSPS) is 23.9. The summed E-state index contributed by atoms with van der Waals surface area (Å²) >= 11 is 0. The quantitative estimate of drug-likeness (QED) is 0.302. The molecule has 2 aliphatic rings. The monoisotopic (exact) mass is 480 g/mol. The molecular weight excluding hydrogens is 428 g/mol. The molecule has 2 fully saturated rings. The van der Waals surface area contributed by atoms with Crippen LogP contribution in [0.15, 0.2) is 0 Å². The van der Waals surface area contributed by atoms with Gasteiger partial charge < -0.3 is 9.68 Å². The Kier molecular flexibility index (Phi) is 10.0. The maximum atomic E-state index is 12.4. The average molecular weight is 481 g/mol. The highest BCUT2D eigenvalue weighted by Crippen LogP contribution is 2.44. The zero-order valence-corrected chi connectivity index (χ0v) is 23.4. The second-order valence-corrected chi connectivity index (χ2v) is 12.8. The van der Waals surface area contributed by atoms with Crippen LogP contribution in [-0.2, 0) is 19.3 Å². The van der Waals surface area contributed by atoms with E-state index >= 15 is 0 Å². The lowest BCUT2D eigenvalue weighted by Crippen LogP contribution is -2.57. The molecule has 0 unspecified atom stereocenters. The average Bonchev–Trinajstić information content (AvgIpc) is 2.71. The van der Waals surface area contributed by atoms with Gasteiger partial charge in [-0.2, -0.15) is 0 Å². The molecule has 0 aromatic rings. The fourth-order valence-electron chi connectivity index (χ4n) is 5.08. The Labute approximate surface area is 209 Å². The highest BCUT2D eigenvalue weighted by molar-refractivity contribution is 5.69. The van der Waals surface area contributed by atoms with E-state index < -0.39 is 0 Å². The van der Waals surface area contributed by atoms with Gasteiger partial charge in [0.25, 0.3) is 0 Å². The van der Waals surface area contributed by atoms with E-state index in [-0.39, 0.29) is 33.8 Å². The van der Waals surface area contributed by atoms with Crippen LogP contribution in [0.3, 0.4) is 0 Å². The molecule has 2 heterocycles. The molecule has 6 heteroatoms. The van der Waals surface area contributed by atoms with Gasteiger partial charge in [0.2, 0.25) is 0 Å². The summed E-state index contributed by atoms with van der Waals surface area (Å²) in [5, 5.41) is 3.81. The molecule has 0 saturated carbocycles. The number of hydrogen-bond acceptors (Lipinski definition) is 6. The van der Waals surface area contributed by atoms with Crippen LogP contribution < -0.4 is 0 Å². The SMILES string of the molecule is CC1(C)CCCN(OC(=O)CCCCCCCCC(=O)ON2CCCC(C)(C)C2(C)C)C1(C)C. The Bertz CT molecular complexity index is 626. The van der Waals surface area contributed by atoms with Crippen molar-refractivity contribution in [3.63, 3.8) is 0 Å². The lowest BCUT2D eigenvalue weighted by molar-refractivity contribution is -0.248. The molecule has 6 nitrogen and oxygen atoms in total. The van der Waals surface area contributed by atoms with E-state index in [4.69, 9.17) is 9.68 Å². The van der Waals surface area contributed by atoms with Gasteiger partial charge in [-0.15, -0.1) is 10.1 Å². The largest absolute Gasteiger partial charge is 0.367 e. The molecule has 0 spiro atoms. The molecule has 198 valence electrons. The van der Waals surface area contributed by atoms with Gasteiger partial charge >= 0.3 is 11.9 Å². The fourth-order valence-corrected chi connectivity index (χ4v) is 5.08. The number of nitrogens with zero attached hydrogens (tertiary/aromatic N) is 2. The Balaban J connectivity index is 1.54. The number of carbonyl (C=O) groups excluding carboxylic acids is 2. The molecule has 2 aliphatic heterocycles. The van der Waals surface area contributed by atoms with E-state index in [1.807, 2.05) is 10.1 Å². The first-order valence-electron chi connectivity index (χ1n) is 13.7. The van der Waals surface area contributed by atoms with Crippen LogP contribution in [0.2, 0.25) is 0 Å². The van der Waals surface area contributed by atoms with Gasteiger partial charge in [0.05, 0.1) is 11.1 Å². The number of hydrogen-bond donors (Lipinski definition) is 0. The molecule has 0 aromatic carbocycles. The summed E-state index contributed by atoms with van der Waals surface area (Å²) in [6.45, 7) is 19.3.